The Morgan fingerprint density at radius 2 is 1.76 bits per heavy atom. The van der Waals surface area contributed by atoms with Gasteiger partial charge in [0.1, 0.15) is 23.7 Å². The van der Waals surface area contributed by atoms with E-state index < -0.39 is 5.60 Å². The third kappa shape index (κ3) is 5.64. The van der Waals surface area contributed by atoms with Gasteiger partial charge in [-0.25, -0.2) is 14.8 Å². The predicted molar refractivity (Wildman–Crippen MR) is 140 cm³/mol. The van der Waals surface area contributed by atoms with Crippen molar-refractivity contribution in [2.75, 3.05) is 0 Å². The maximum Gasteiger partial charge on any atom is 0.410 e. The highest BCUT2D eigenvalue weighted by molar-refractivity contribution is 6.30. The van der Waals surface area contributed by atoms with E-state index in [1.165, 1.54) is 6.33 Å². The summed E-state index contributed by atoms with van der Waals surface area (Å²) >= 11 is 6.19. The molecule has 0 saturated carbocycles. The third-order valence-electron chi connectivity index (χ3n) is 6.64. The van der Waals surface area contributed by atoms with E-state index in [-0.39, 0.29) is 24.3 Å². The lowest BCUT2D eigenvalue weighted by Gasteiger charge is -2.39. The first-order chi connectivity index (χ1) is 17.7. The fourth-order valence-corrected chi connectivity index (χ4v) is 5.25. The Morgan fingerprint density at radius 3 is 2.46 bits per heavy atom. The maximum absolute atomic E-state index is 12.8. The Morgan fingerprint density at radius 1 is 1.03 bits per heavy atom. The van der Waals surface area contributed by atoms with Gasteiger partial charge in [-0.15, -0.1) is 0 Å². The van der Waals surface area contributed by atoms with Crippen LogP contribution in [0.5, 0.6) is 17.5 Å². The molecule has 0 aliphatic carbocycles. The van der Waals surface area contributed by atoms with Crippen LogP contribution in [-0.4, -0.2) is 49.7 Å². The normalized spacial score (nSPS) is 21.0. The molecule has 1 aromatic carbocycles. The molecular formula is C28H31ClN4O4. The second-order valence-electron chi connectivity index (χ2n) is 10.6. The zero-order valence-corrected chi connectivity index (χ0v) is 22.2. The van der Waals surface area contributed by atoms with Crippen molar-refractivity contribution in [1.82, 2.24) is 19.9 Å². The van der Waals surface area contributed by atoms with Gasteiger partial charge >= 0.3 is 6.09 Å². The minimum absolute atomic E-state index is 0.0574. The Hall–Kier alpha value is -3.39. The first-order valence-corrected chi connectivity index (χ1v) is 12.9. The highest BCUT2D eigenvalue weighted by Crippen LogP contribution is 2.39. The van der Waals surface area contributed by atoms with Crippen LogP contribution < -0.4 is 9.47 Å². The molecule has 0 N–H and O–H groups in total. The number of aromatic nitrogens is 3. The molecule has 2 aromatic heterocycles. The molecule has 1 amide bonds. The van der Waals surface area contributed by atoms with Gasteiger partial charge in [0.15, 0.2) is 5.75 Å². The Kier molecular flexibility index (Phi) is 6.94. The van der Waals surface area contributed by atoms with Gasteiger partial charge in [-0.3, -0.25) is 4.98 Å². The number of carbonyl (C=O) groups is 1. The number of fused-ring (bicyclic) bond motifs is 2. The molecule has 4 heterocycles. The molecule has 2 saturated heterocycles. The average Bonchev–Trinajstić information content (AvgIpc) is 3.11. The van der Waals surface area contributed by atoms with Crippen LogP contribution in [-0.2, 0) is 4.74 Å². The molecule has 3 aromatic rings. The van der Waals surface area contributed by atoms with Crippen LogP contribution in [0.15, 0.2) is 48.9 Å². The van der Waals surface area contributed by atoms with Crippen molar-refractivity contribution in [2.45, 2.75) is 77.2 Å². The molecule has 2 bridgehead atoms. The number of hydrogen-bond donors (Lipinski definition) is 0. The first kappa shape index (κ1) is 25.3. The van der Waals surface area contributed by atoms with Crippen LogP contribution in [0.4, 0.5) is 4.79 Å². The van der Waals surface area contributed by atoms with Crippen LogP contribution in [0.1, 0.15) is 52.0 Å². The predicted octanol–water partition coefficient (Wildman–Crippen LogP) is 6.60. The van der Waals surface area contributed by atoms with Crippen molar-refractivity contribution < 1.29 is 19.0 Å². The fraction of sp³-hybridized carbons (Fsp3) is 0.429. The molecule has 194 valence electrons. The number of halogens is 1. The fourth-order valence-electron chi connectivity index (χ4n) is 5.06. The van der Waals surface area contributed by atoms with Gasteiger partial charge in [0, 0.05) is 41.7 Å². The number of pyridine rings is 1. The van der Waals surface area contributed by atoms with Crippen molar-refractivity contribution in [1.29, 1.82) is 0 Å². The number of ether oxygens (including phenoxy) is 3. The lowest BCUT2D eigenvalue weighted by atomic mass is 10.00. The molecule has 0 radical (unpaired) electrons. The van der Waals surface area contributed by atoms with Crippen LogP contribution in [0.2, 0.25) is 5.02 Å². The monoisotopic (exact) mass is 522 g/mol. The summed E-state index contributed by atoms with van der Waals surface area (Å²) in [5.41, 5.74) is 1.69. The van der Waals surface area contributed by atoms with Crippen molar-refractivity contribution in [2.24, 2.45) is 0 Å². The average molecular weight is 523 g/mol. The van der Waals surface area contributed by atoms with Crippen molar-refractivity contribution >= 4 is 17.7 Å². The lowest BCUT2D eigenvalue weighted by molar-refractivity contribution is -0.00772. The first-order valence-electron chi connectivity index (χ1n) is 12.6. The Bertz CT molecular complexity index is 1280. The Balaban J connectivity index is 1.31. The number of amides is 1. The number of rotatable bonds is 5. The zero-order valence-electron chi connectivity index (χ0n) is 21.5. The summed E-state index contributed by atoms with van der Waals surface area (Å²) in [6.45, 7) is 7.56. The quantitative estimate of drug-likeness (QED) is 0.373. The molecule has 2 fully saturated rings. The van der Waals surface area contributed by atoms with Gasteiger partial charge in [-0.2, -0.15) is 0 Å². The van der Waals surface area contributed by atoms with Crippen molar-refractivity contribution in [3.63, 3.8) is 0 Å². The van der Waals surface area contributed by atoms with Crippen molar-refractivity contribution in [3.05, 3.63) is 59.5 Å². The van der Waals surface area contributed by atoms with Gasteiger partial charge in [0.25, 0.3) is 0 Å². The molecule has 2 aliphatic rings. The molecule has 2 aliphatic heterocycles. The summed E-state index contributed by atoms with van der Waals surface area (Å²) in [6.07, 6.45) is 6.23. The second kappa shape index (κ2) is 10.2. The lowest BCUT2D eigenvalue weighted by Crippen LogP contribution is -2.50. The summed E-state index contributed by atoms with van der Waals surface area (Å²) in [6, 6.07) is 11.3. The van der Waals surface area contributed by atoms with E-state index in [0.29, 0.717) is 33.8 Å². The van der Waals surface area contributed by atoms with E-state index >= 15 is 0 Å². The molecule has 37 heavy (non-hydrogen) atoms. The van der Waals surface area contributed by atoms with Gasteiger partial charge in [0.2, 0.25) is 11.8 Å². The van der Waals surface area contributed by atoms with E-state index in [4.69, 9.17) is 25.8 Å². The number of nitrogens with zero attached hydrogens (tertiary/aromatic N) is 4. The highest BCUT2D eigenvalue weighted by Gasteiger charge is 2.45. The summed E-state index contributed by atoms with van der Waals surface area (Å²) in [5, 5.41) is 0.620. The smallest absolute Gasteiger partial charge is 0.410 e. The van der Waals surface area contributed by atoms with Gasteiger partial charge in [0.05, 0.1) is 5.56 Å². The zero-order chi connectivity index (χ0) is 26.2. The van der Waals surface area contributed by atoms with Gasteiger partial charge in [-0.1, -0.05) is 23.7 Å². The van der Waals surface area contributed by atoms with Crippen LogP contribution in [0.25, 0.3) is 11.3 Å². The minimum atomic E-state index is -0.515. The number of piperidine rings is 1. The van der Waals surface area contributed by atoms with E-state index in [1.807, 2.05) is 69.0 Å². The van der Waals surface area contributed by atoms with Crippen LogP contribution in [0.3, 0.4) is 0 Å². The molecule has 0 spiro atoms. The van der Waals surface area contributed by atoms with Gasteiger partial charge in [-0.05, 0) is 64.8 Å². The molecule has 8 nitrogen and oxygen atoms in total. The topological polar surface area (TPSA) is 86.7 Å². The minimum Gasteiger partial charge on any atom is -0.474 e. The molecule has 5 rings (SSSR count). The van der Waals surface area contributed by atoms with Crippen LogP contribution in [0, 0.1) is 6.92 Å². The largest absolute Gasteiger partial charge is 0.474 e. The molecular weight excluding hydrogens is 492 g/mol. The number of carbonyl (C=O) groups excluding carboxylic acids is 1. The van der Waals surface area contributed by atoms with Crippen molar-refractivity contribution in [3.8, 4) is 28.8 Å². The third-order valence-corrected chi connectivity index (χ3v) is 6.87. The summed E-state index contributed by atoms with van der Waals surface area (Å²) < 4.78 is 18.2. The SMILES string of the molecule is Cc1c(Oc2cccnc2-c2cccc(Cl)c2)ncnc1OC1CC2CCC(C1)N2C(=O)OC(C)(C)C. The highest BCUT2D eigenvalue weighted by atomic mass is 35.5. The van der Waals surface area contributed by atoms with E-state index in [1.54, 1.807) is 6.20 Å². The standard InChI is InChI=1S/C28H31ClN4O4/c1-17-25(35-22-14-20-10-11-21(15-22)33(20)27(34)37-28(2,3)4)31-16-32-26(17)36-23-9-6-12-30-24(23)18-7-5-8-19(29)13-18/h5-9,12-13,16,20-22H,10-11,14-15H2,1-4H3. The number of hydrogen-bond acceptors (Lipinski definition) is 7. The molecule has 2 unspecified atom stereocenters. The van der Waals surface area contributed by atoms with E-state index in [9.17, 15) is 4.79 Å². The summed E-state index contributed by atoms with van der Waals surface area (Å²) in [5.74, 6) is 1.44. The summed E-state index contributed by atoms with van der Waals surface area (Å²) in [4.78, 5) is 27.9. The Labute approximate surface area is 222 Å². The summed E-state index contributed by atoms with van der Waals surface area (Å²) in [7, 11) is 0. The second-order valence-corrected chi connectivity index (χ2v) is 11.0. The van der Waals surface area contributed by atoms with E-state index in [2.05, 4.69) is 15.0 Å². The maximum atomic E-state index is 12.8. The van der Waals surface area contributed by atoms with Gasteiger partial charge < -0.3 is 19.1 Å². The van der Waals surface area contributed by atoms with Crippen LogP contribution >= 0.6 is 11.6 Å². The molecule has 9 heteroatoms. The number of benzene rings is 1. The molecule has 2 atom stereocenters. The van der Waals surface area contributed by atoms with E-state index in [0.717, 1.165) is 31.2 Å².